The van der Waals surface area contributed by atoms with Crippen LogP contribution in [0.3, 0.4) is 0 Å². The third kappa shape index (κ3) is 6.80. The summed E-state index contributed by atoms with van der Waals surface area (Å²) in [5.41, 5.74) is 1.33. The largest absolute Gasteiger partial charge is 0.465 e. The van der Waals surface area contributed by atoms with Gasteiger partial charge in [-0.1, -0.05) is 102 Å². The third-order valence-corrected chi connectivity index (χ3v) is 5.19. The lowest BCUT2D eigenvalue weighted by atomic mass is 9.76. The second kappa shape index (κ2) is 11.1. The van der Waals surface area contributed by atoms with Crippen LogP contribution in [-0.2, 0) is 14.9 Å². The van der Waals surface area contributed by atoms with Crippen LogP contribution in [0.15, 0.2) is 70.0 Å². The molecule has 0 saturated carbocycles. The summed E-state index contributed by atoms with van der Waals surface area (Å²) < 4.78 is 10.3. The Morgan fingerprint density at radius 1 is 0.912 bits per heavy atom. The van der Waals surface area contributed by atoms with Crippen molar-refractivity contribution in [2.75, 3.05) is 6.61 Å². The Hall–Kier alpha value is -3.41. The van der Waals surface area contributed by atoms with Crippen molar-refractivity contribution in [1.29, 1.82) is 0 Å². The summed E-state index contributed by atoms with van der Waals surface area (Å²) in [6.07, 6.45) is 0. The van der Waals surface area contributed by atoms with E-state index in [2.05, 4.69) is 5.16 Å². The first-order chi connectivity index (χ1) is 15.9. The van der Waals surface area contributed by atoms with E-state index in [1.807, 2.05) is 77.9 Å². The number of nitrogens with one attached hydrogen (secondary N) is 1. The summed E-state index contributed by atoms with van der Waals surface area (Å²) in [5, 5.41) is 2.41. The molecule has 3 rings (SSSR count). The molecule has 0 fully saturated rings. The van der Waals surface area contributed by atoms with E-state index in [0.717, 1.165) is 5.56 Å². The molecule has 1 heterocycles. The maximum atomic E-state index is 12.4. The van der Waals surface area contributed by atoms with Gasteiger partial charge in [-0.15, -0.1) is 0 Å². The number of hydrogen-bond acceptors (Lipinski definition) is 5. The highest BCUT2D eigenvalue weighted by atomic mass is 16.5. The fourth-order valence-electron chi connectivity index (χ4n) is 3.63. The maximum absolute atomic E-state index is 12.4. The van der Waals surface area contributed by atoms with Crippen molar-refractivity contribution >= 4 is 11.8 Å². The number of ether oxygens (including phenoxy) is 1. The van der Waals surface area contributed by atoms with E-state index in [1.54, 1.807) is 31.2 Å². The molecule has 0 saturated heterocycles. The molecule has 3 aromatic rings. The number of aromatic nitrogens is 1. The molecule has 0 radical (unpaired) electrons. The molecule has 6 heteroatoms. The highest BCUT2D eigenvalue weighted by molar-refractivity contribution is 6.09. The van der Waals surface area contributed by atoms with E-state index in [-0.39, 0.29) is 23.4 Å². The number of carbonyl (C=O) groups excluding carboxylic acids is 2. The molecular weight excluding hydrogens is 430 g/mol. The van der Waals surface area contributed by atoms with Gasteiger partial charge in [0, 0.05) is 11.1 Å². The fourth-order valence-corrected chi connectivity index (χ4v) is 3.63. The molecule has 1 unspecified atom stereocenters. The summed E-state index contributed by atoms with van der Waals surface area (Å²) in [4.78, 5) is 36.1. The van der Waals surface area contributed by atoms with Gasteiger partial charge in [0.1, 0.15) is 5.92 Å². The summed E-state index contributed by atoms with van der Waals surface area (Å²) in [5.74, 6) is -0.752. The summed E-state index contributed by atoms with van der Waals surface area (Å²) in [7, 11) is 0. The molecule has 1 N–H and O–H groups in total. The molecular formula is C28H35NO5. The minimum atomic E-state index is -0.764. The molecule has 0 aliphatic rings. The SMILES string of the molecule is CC(C)(C)c1c(-c2ccccc2)o[nH]c1=O.CCOC(=O)C(C(=O)c1ccccc1)C(C)(C)C. The van der Waals surface area contributed by atoms with Crippen LogP contribution in [0.25, 0.3) is 11.3 Å². The number of hydrogen-bond donors (Lipinski definition) is 1. The van der Waals surface area contributed by atoms with E-state index in [4.69, 9.17) is 9.26 Å². The molecule has 1 atom stereocenters. The number of esters is 1. The third-order valence-electron chi connectivity index (χ3n) is 5.19. The van der Waals surface area contributed by atoms with Gasteiger partial charge in [-0.25, -0.2) is 0 Å². The number of benzene rings is 2. The Kier molecular flexibility index (Phi) is 8.80. The maximum Gasteiger partial charge on any atom is 0.317 e. The smallest absolute Gasteiger partial charge is 0.317 e. The van der Waals surface area contributed by atoms with Crippen molar-refractivity contribution in [3.8, 4) is 11.3 Å². The predicted octanol–water partition coefficient (Wildman–Crippen LogP) is 6.03. The monoisotopic (exact) mass is 465 g/mol. The number of aromatic amines is 1. The zero-order valence-corrected chi connectivity index (χ0v) is 21.1. The summed E-state index contributed by atoms with van der Waals surface area (Å²) in [6, 6.07) is 18.5. The lowest BCUT2D eigenvalue weighted by molar-refractivity contribution is -0.149. The lowest BCUT2D eigenvalue weighted by Crippen LogP contribution is -2.37. The van der Waals surface area contributed by atoms with E-state index in [0.29, 0.717) is 16.9 Å². The van der Waals surface area contributed by atoms with Gasteiger partial charge in [0.2, 0.25) is 0 Å². The van der Waals surface area contributed by atoms with Gasteiger partial charge in [-0.3, -0.25) is 14.4 Å². The number of Topliss-reactive ketones (excluding diaryl/α,β-unsaturated/α-hetero) is 1. The second-order valence-corrected chi connectivity index (χ2v) is 10.1. The van der Waals surface area contributed by atoms with Crippen molar-refractivity contribution in [2.24, 2.45) is 11.3 Å². The van der Waals surface area contributed by atoms with Crippen LogP contribution >= 0.6 is 0 Å². The minimum Gasteiger partial charge on any atom is -0.465 e. The summed E-state index contributed by atoms with van der Waals surface area (Å²) in [6.45, 7) is 13.6. The van der Waals surface area contributed by atoms with Crippen molar-refractivity contribution in [3.63, 3.8) is 0 Å². The topological polar surface area (TPSA) is 89.4 Å². The Balaban J connectivity index is 0.000000241. The first-order valence-corrected chi connectivity index (χ1v) is 11.4. The van der Waals surface area contributed by atoms with Gasteiger partial charge >= 0.3 is 5.97 Å². The van der Waals surface area contributed by atoms with Crippen molar-refractivity contribution in [3.05, 3.63) is 82.1 Å². The Morgan fingerprint density at radius 2 is 1.44 bits per heavy atom. The highest BCUT2D eigenvalue weighted by Crippen LogP contribution is 2.31. The van der Waals surface area contributed by atoms with Crippen LogP contribution in [0, 0.1) is 11.3 Å². The van der Waals surface area contributed by atoms with Gasteiger partial charge in [-0.2, -0.15) is 5.16 Å². The highest BCUT2D eigenvalue weighted by Gasteiger charge is 2.39. The molecule has 182 valence electrons. The van der Waals surface area contributed by atoms with Gasteiger partial charge in [0.25, 0.3) is 5.56 Å². The molecule has 0 spiro atoms. The van der Waals surface area contributed by atoms with Gasteiger partial charge in [0.15, 0.2) is 11.5 Å². The van der Waals surface area contributed by atoms with Crippen LogP contribution < -0.4 is 5.56 Å². The van der Waals surface area contributed by atoms with Crippen molar-refractivity contribution in [1.82, 2.24) is 5.16 Å². The molecule has 1 aromatic heterocycles. The molecule has 0 aliphatic heterocycles. The number of ketones is 1. The molecule has 2 aromatic carbocycles. The normalized spacial score (nSPS) is 12.3. The average molecular weight is 466 g/mol. The zero-order chi connectivity index (χ0) is 25.5. The number of rotatable bonds is 5. The minimum absolute atomic E-state index is 0.147. The van der Waals surface area contributed by atoms with E-state index in [1.165, 1.54) is 0 Å². The molecule has 0 bridgehead atoms. The van der Waals surface area contributed by atoms with E-state index >= 15 is 0 Å². The molecule has 0 aliphatic carbocycles. The Morgan fingerprint density at radius 3 is 1.91 bits per heavy atom. The second-order valence-electron chi connectivity index (χ2n) is 10.1. The van der Waals surface area contributed by atoms with E-state index in [9.17, 15) is 14.4 Å². The average Bonchev–Trinajstić information content (AvgIpc) is 3.17. The summed E-state index contributed by atoms with van der Waals surface area (Å²) >= 11 is 0. The molecule has 0 amide bonds. The fraction of sp³-hybridized carbons (Fsp3) is 0.393. The van der Waals surface area contributed by atoms with Gasteiger partial charge < -0.3 is 9.26 Å². The van der Waals surface area contributed by atoms with Gasteiger partial charge in [0.05, 0.1) is 12.2 Å². The van der Waals surface area contributed by atoms with Gasteiger partial charge in [-0.05, 0) is 17.8 Å². The Bertz CT molecular complexity index is 1130. The Labute approximate surface area is 201 Å². The van der Waals surface area contributed by atoms with Crippen molar-refractivity contribution in [2.45, 2.75) is 53.9 Å². The number of carbonyl (C=O) groups is 2. The van der Waals surface area contributed by atoms with E-state index < -0.39 is 17.3 Å². The van der Waals surface area contributed by atoms with Crippen LogP contribution in [0.1, 0.15) is 64.4 Å². The first-order valence-electron chi connectivity index (χ1n) is 11.4. The standard InChI is InChI=1S/C15H20O3.C13H15NO2/c1-5-18-14(17)12(15(2,3)4)13(16)11-9-7-6-8-10-11;1-13(2,3)10-11(16-14-12(10)15)9-7-5-4-6-8-9/h6-10,12H,5H2,1-4H3;4-8H,1-3H3,(H,14,15). The molecule has 34 heavy (non-hydrogen) atoms. The first kappa shape index (κ1) is 26.8. The van der Waals surface area contributed by atoms with Crippen LogP contribution in [-0.4, -0.2) is 23.5 Å². The predicted molar refractivity (Wildman–Crippen MR) is 134 cm³/mol. The number of H-pyrrole nitrogens is 1. The van der Waals surface area contributed by atoms with Crippen LogP contribution in [0.4, 0.5) is 0 Å². The lowest BCUT2D eigenvalue weighted by Gasteiger charge is -2.27. The van der Waals surface area contributed by atoms with Crippen molar-refractivity contribution < 1.29 is 18.8 Å². The zero-order valence-electron chi connectivity index (χ0n) is 21.1. The van der Waals surface area contributed by atoms with Crippen LogP contribution in [0.5, 0.6) is 0 Å². The van der Waals surface area contributed by atoms with Crippen LogP contribution in [0.2, 0.25) is 0 Å². The molecule has 6 nitrogen and oxygen atoms in total. The quantitative estimate of drug-likeness (QED) is 0.282.